The summed E-state index contributed by atoms with van der Waals surface area (Å²) in [5, 5.41) is 12.0. The number of pyridine rings is 1. The summed E-state index contributed by atoms with van der Waals surface area (Å²) >= 11 is 1.38. The number of carbonyl (C=O) groups is 1. The standard InChI is InChI=1S/C15H21N5O2S/c1-4-20-14(12-5-7-16-8-6-12)18-19-15(20)23-10-13(21)17-11(2)9-22-3/h5-8,11H,4,9-10H2,1-3H3,(H,17,21). The first-order chi connectivity index (χ1) is 11.2. The molecule has 0 bridgehead atoms. The van der Waals surface area contributed by atoms with Crippen molar-refractivity contribution in [1.82, 2.24) is 25.1 Å². The Balaban J connectivity index is 2.01. The Hall–Kier alpha value is -1.93. The molecule has 2 rings (SSSR count). The van der Waals surface area contributed by atoms with Crippen LogP contribution in [-0.2, 0) is 16.1 Å². The van der Waals surface area contributed by atoms with Gasteiger partial charge in [0, 0.05) is 37.7 Å². The van der Waals surface area contributed by atoms with Crippen molar-refractivity contribution in [2.75, 3.05) is 19.5 Å². The lowest BCUT2D eigenvalue weighted by Crippen LogP contribution is -2.36. The zero-order chi connectivity index (χ0) is 16.7. The second-order valence-electron chi connectivity index (χ2n) is 5.00. The molecule has 0 fully saturated rings. The number of ether oxygens (including phenoxy) is 1. The van der Waals surface area contributed by atoms with Crippen LogP contribution in [0.5, 0.6) is 0 Å². The van der Waals surface area contributed by atoms with Crippen LogP contribution in [0.2, 0.25) is 0 Å². The topological polar surface area (TPSA) is 81.9 Å². The highest BCUT2D eigenvalue weighted by molar-refractivity contribution is 7.99. The van der Waals surface area contributed by atoms with Gasteiger partial charge >= 0.3 is 0 Å². The maximum absolute atomic E-state index is 11.9. The predicted octanol–water partition coefficient (Wildman–Crippen LogP) is 1.60. The Morgan fingerprint density at radius 2 is 2.13 bits per heavy atom. The maximum atomic E-state index is 11.9. The smallest absolute Gasteiger partial charge is 0.230 e. The molecule has 8 heteroatoms. The van der Waals surface area contributed by atoms with Crippen molar-refractivity contribution in [1.29, 1.82) is 0 Å². The van der Waals surface area contributed by atoms with Gasteiger partial charge in [0.25, 0.3) is 0 Å². The number of carbonyl (C=O) groups excluding carboxylic acids is 1. The molecule has 1 unspecified atom stereocenters. The monoisotopic (exact) mass is 335 g/mol. The van der Waals surface area contributed by atoms with Crippen LogP contribution in [0.3, 0.4) is 0 Å². The molecule has 2 heterocycles. The Morgan fingerprint density at radius 3 is 2.78 bits per heavy atom. The SMILES string of the molecule is CCn1c(SCC(=O)NC(C)COC)nnc1-c1ccncc1. The number of nitrogens with zero attached hydrogens (tertiary/aromatic N) is 4. The van der Waals surface area contributed by atoms with Crippen molar-refractivity contribution in [3.8, 4) is 11.4 Å². The molecule has 1 amide bonds. The van der Waals surface area contributed by atoms with Crippen LogP contribution in [0.25, 0.3) is 11.4 Å². The van der Waals surface area contributed by atoms with Crippen molar-refractivity contribution in [2.45, 2.75) is 31.6 Å². The van der Waals surface area contributed by atoms with Crippen LogP contribution in [0.15, 0.2) is 29.7 Å². The number of amides is 1. The molecular weight excluding hydrogens is 314 g/mol. The fourth-order valence-electron chi connectivity index (χ4n) is 2.13. The van der Waals surface area contributed by atoms with Gasteiger partial charge in [-0.25, -0.2) is 0 Å². The van der Waals surface area contributed by atoms with E-state index in [1.165, 1.54) is 11.8 Å². The highest BCUT2D eigenvalue weighted by atomic mass is 32.2. The Kier molecular flexibility index (Phi) is 6.54. The van der Waals surface area contributed by atoms with E-state index < -0.39 is 0 Å². The zero-order valence-corrected chi connectivity index (χ0v) is 14.3. The molecule has 23 heavy (non-hydrogen) atoms. The molecule has 0 aromatic carbocycles. The van der Waals surface area contributed by atoms with E-state index in [9.17, 15) is 4.79 Å². The third-order valence-electron chi connectivity index (χ3n) is 3.13. The normalized spacial score (nSPS) is 12.1. The third-order valence-corrected chi connectivity index (χ3v) is 4.09. The van der Waals surface area contributed by atoms with Crippen LogP contribution in [0.4, 0.5) is 0 Å². The van der Waals surface area contributed by atoms with Crippen LogP contribution in [0, 0.1) is 0 Å². The van der Waals surface area contributed by atoms with Gasteiger partial charge in [0.1, 0.15) is 0 Å². The second-order valence-corrected chi connectivity index (χ2v) is 5.94. The van der Waals surface area contributed by atoms with E-state index in [0.717, 1.165) is 23.1 Å². The first-order valence-corrected chi connectivity index (χ1v) is 8.39. The molecule has 1 atom stereocenters. The molecule has 2 aromatic heterocycles. The summed E-state index contributed by atoms with van der Waals surface area (Å²) in [7, 11) is 1.61. The summed E-state index contributed by atoms with van der Waals surface area (Å²) < 4.78 is 6.99. The van der Waals surface area contributed by atoms with Gasteiger partial charge in [-0.1, -0.05) is 11.8 Å². The molecular formula is C15H21N5O2S. The fraction of sp³-hybridized carbons (Fsp3) is 0.467. The molecule has 0 saturated heterocycles. The van der Waals surface area contributed by atoms with Gasteiger partial charge in [-0.3, -0.25) is 9.78 Å². The Morgan fingerprint density at radius 1 is 1.39 bits per heavy atom. The maximum Gasteiger partial charge on any atom is 0.230 e. The minimum atomic E-state index is -0.0457. The molecule has 0 radical (unpaired) electrons. The molecule has 0 aliphatic carbocycles. The van der Waals surface area contributed by atoms with Crippen LogP contribution in [0.1, 0.15) is 13.8 Å². The Labute approximate surface area is 139 Å². The minimum absolute atomic E-state index is 0.00970. The quantitative estimate of drug-likeness (QED) is 0.738. The number of aromatic nitrogens is 4. The van der Waals surface area contributed by atoms with Crippen molar-refractivity contribution in [3.63, 3.8) is 0 Å². The molecule has 7 nitrogen and oxygen atoms in total. The van der Waals surface area contributed by atoms with E-state index in [1.807, 2.05) is 30.5 Å². The van der Waals surface area contributed by atoms with Crippen LogP contribution >= 0.6 is 11.8 Å². The largest absolute Gasteiger partial charge is 0.383 e. The van der Waals surface area contributed by atoms with Gasteiger partial charge in [0.15, 0.2) is 11.0 Å². The molecule has 2 aromatic rings. The molecule has 124 valence electrons. The summed E-state index contributed by atoms with van der Waals surface area (Å²) in [6.45, 7) is 5.16. The lowest BCUT2D eigenvalue weighted by atomic mass is 10.2. The summed E-state index contributed by atoms with van der Waals surface area (Å²) in [6.07, 6.45) is 3.45. The highest BCUT2D eigenvalue weighted by Crippen LogP contribution is 2.23. The van der Waals surface area contributed by atoms with E-state index in [1.54, 1.807) is 19.5 Å². The highest BCUT2D eigenvalue weighted by Gasteiger charge is 2.15. The van der Waals surface area contributed by atoms with Crippen molar-refractivity contribution in [3.05, 3.63) is 24.5 Å². The van der Waals surface area contributed by atoms with Gasteiger partial charge in [0.2, 0.25) is 5.91 Å². The summed E-state index contributed by atoms with van der Waals surface area (Å²) in [5.41, 5.74) is 0.958. The lowest BCUT2D eigenvalue weighted by molar-refractivity contribution is -0.119. The van der Waals surface area contributed by atoms with Gasteiger partial charge in [-0.2, -0.15) is 0 Å². The van der Waals surface area contributed by atoms with E-state index in [-0.39, 0.29) is 11.9 Å². The van der Waals surface area contributed by atoms with E-state index in [4.69, 9.17) is 4.74 Å². The van der Waals surface area contributed by atoms with Gasteiger partial charge < -0.3 is 14.6 Å². The number of rotatable bonds is 8. The number of nitrogens with one attached hydrogen (secondary N) is 1. The predicted molar refractivity (Wildman–Crippen MR) is 89.1 cm³/mol. The summed E-state index contributed by atoms with van der Waals surface area (Å²) in [5.74, 6) is 1.03. The Bertz CT molecular complexity index is 632. The zero-order valence-electron chi connectivity index (χ0n) is 13.5. The van der Waals surface area contributed by atoms with E-state index in [0.29, 0.717) is 12.4 Å². The second kappa shape index (κ2) is 8.64. The number of methoxy groups -OCH3 is 1. The molecule has 0 aliphatic heterocycles. The summed E-state index contributed by atoms with van der Waals surface area (Å²) in [4.78, 5) is 15.9. The van der Waals surface area contributed by atoms with Gasteiger partial charge in [0.05, 0.1) is 12.4 Å². The van der Waals surface area contributed by atoms with E-state index >= 15 is 0 Å². The van der Waals surface area contributed by atoms with Gasteiger partial charge in [-0.15, -0.1) is 10.2 Å². The fourth-order valence-corrected chi connectivity index (χ4v) is 2.95. The molecule has 0 saturated carbocycles. The number of hydrogen-bond acceptors (Lipinski definition) is 6. The first kappa shape index (κ1) is 17.4. The molecule has 0 spiro atoms. The van der Waals surface area contributed by atoms with Crippen molar-refractivity contribution >= 4 is 17.7 Å². The third kappa shape index (κ3) is 4.77. The van der Waals surface area contributed by atoms with Crippen molar-refractivity contribution < 1.29 is 9.53 Å². The average molecular weight is 335 g/mol. The van der Waals surface area contributed by atoms with Crippen LogP contribution < -0.4 is 5.32 Å². The van der Waals surface area contributed by atoms with E-state index in [2.05, 4.69) is 20.5 Å². The average Bonchev–Trinajstić information content (AvgIpc) is 2.96. The molecule has 1 N–H and O–H groups in total. The number of hydrogen-bond donors (Lipinski definition) is 1. The molecule has 0 aliphatic rings. The van der Waals surface area contributed by atoms with Gasteiger partial charge in [-0.05, 0) is 26.0 Å². The van der Waals surface area contributed by atoms with Crippen molar-refractivity contribution in [2.24, 2.45) is 0 Å². The summed E-state index contributed by atoms with van der Waals surface area (Å²) in [6, 6.07) is 3.78. The van der Waals surface area contributed by atoms with Crippen LogP contribution in [-0.4, -0.2) is 51.2 Å². The minimum Gasteiger partial charge on any atom is -0.383 e. The lowest BCUT2D eigenvalue weighted by Gasteiger charge is -2.12. The first-order valence-electron chi connectivity index (χ1n) is 7.40. The number of thioether (sulfide) groups is 1.